The Balaban J connectivity index is 2.00. The Morgan fingerprint density at radius 3 is 2.33 bits per heavy atom. The van der Waals surface area contributed by atoms with Crippen molar-refractivity contribution in [3.05, 3.63) is 11.4 Å². The molecule has 0 aliphatic carbocycles. The molecule has 1 N–H and O–H groups in total. The van der Waals surface area contributed by atoms with Crippen LogP contribution in [0.5, 0.6) is 0 Å². The number of amides is 1. The van der Waals surface area contributed by atoms with E-state index in [2.05, 4.69) is 10.3 Å². The average molecular weight is 444 g/mol. The first-order valence-electron chi connectivity index (χ1n) is 8.85. The number of sulfone groups is 1. The van der Waals surface area contributed by atoms with Gasteiger partial charge in [0.15, 0.2) is 15.9 Å². The fourth-order valence-electron chi connectivity index (χ4n) is 3.69. The topological polar surface area (TPSA) is 175 Å². The number of esters is 2. The number of β-lactam (4-membered cyclic amide) rings is 1. The van der Waals surface area contributed by atoms with Crippen molar-refractivity contribution in [2.24, 2.45) is 0 Å². The number of carbonyl (C=O) groups excluding carboxylic acids is 3. The van der Waals surface area contributed by atoms with Gasteiger partial charge in [0.2, 0.25) is 5.91 Å². The summed E-state index contributed by atoms with van der Waals surface area (Å²) in [4.78, 5) is 47.0. The molecular weight excluding hydrogens is 424 g/mol. The molecule has 2 aliphatic rings. The van der Waals surface area contributed by atoms with Crippen LogP contribution in [0.15, 0.2) is 0 Å². The molecule has 2 fully saturated rings. The maximum absolute atomic E-state index is 13.1. The summed E-state index contributed by atoms with van der Waals surface area (Å²) in [5, 5.41) is 16.2. The smallest absolute Gasteiger partial charge is 0.328 e. The molecule has 2 aliphatic heterocycles. The number of hydrogen-bond donors (Lipinski definition) is 1. The van der Waals surface area contributed by atoms with Gasteiger partial charge in [-0.25, -0.2) is 17.9 Å². The fourth-order valence-corrected chi connectivity index (χ4v) is 6.04. The molecule has 3 rings (SSSR count). The predicted molar refractivity (Wildman–Crippen MR) is 95.0 cm³/mol. The van der Waals surface area contributed by atoms with Crippen molar-refractivity contribution in [2.45, 2.75) is 63.1 Å². The molecule has 164 valence electrons. The van der Waals surface area contributed by atoms with E-state index in [-0.39, 0.29) is 31.0 Å². The van der Waals surface area contributed by atoms with Crippen molar-refractivity contribution in [1.82, 2.24) is 19.9 Å². The molecule has 0 bridgehead atoms. The number of carbonyl (C=O) groups is 4. The van der Waals surface area contributed by atoms with Gasteiger partial charge in [-0.1, -0.05) is 5.21 Å². The van der Waals surface area contributed by atoms with Crippen LogP contribution in [-0.4, -0.2) is 73.4 Å². The van der Waals surface area contributed by atoms with Crippen LogP contribution >= 0.6 is 0 Å². The summed E-state index contributed by atoms with van der Waals surface area (Å²) in [5.74, 6) is -3.24. The molecule has 14 heteroatoms. The SMILES string of the molecule is CC(=O)OCc1nnn(C[C@]2(C)[C@H](C(=O)O)N3C(=O)C[C@H]3S2(=O)=O)c1COC(C)=O. The minimum atomic E-state index is -4.07. The van der Waals surface area contributed by atoms with Gasteiger partial charge in [0.05, 0.1) is 13.0 Å². The van der Waals surface area contributed by atoms with Crippen molar-refractivity contribution in [3.63, 3.8) is 0 Å². The number of nitrogens with zero attached hydrogens (tertiary/aromatic N) is 4. The van der Waals surface area contributed by atoms with E-state index in [1.165, 1.54) is 20.8 Å². The van der Waals surface area contributed by atoms with Gasteiger partial charge >= 0.3 is 17.9 Å². The highest BCUT2D eigenvalue weighted by molar-refractivity contribution is 7.93. The Morgan fingerprint density at radius 1 is 1.20 bits per heavy atom. The van der Waals surface area contributed by atoms with Gasteiger partial charge in [-0.15, -0.1) is 5.10 Å². The van der Waals surface area contributed by atoms with Crippen LogP contribution in [0.25, 0.3) is 0 Å². The zero-order chi connectivity index (χ0) is 22.4. The number of aromatic nitrogens is 3. The summed E-state index contributed by atoms with van der Waals surface area (Å²) in [7, 11) is -4.07. The molecular formula is C16H20N4O9S. The lowest BCUT2D eigenvalue weighted by Crippen LogP contribution is -2.58. The number of carboxylic acid groups (broad SMARTS) is 1. The number of fused-ring (bicyclic) bond motifs is 1. The van der Waals surface area contributed by atoms with Crippen molar-refractivity contribution >= 4 is 33.7 Å². The van der Waals surface area contributed by atoms with Crippen LogP contribution in [0, 0.1) is 0 Å². The van der Waals surface area contributed by atoms with Crippen LogP contribution < -0.4 is 0 Å². The van der Waals surface area contributed by atoms with E-state index in [4.69, 9.17) is 9.47 Å². The minimum absolute atomic E-state index is 0.122. The number of aliphatic carboxylic acids is 1. The van der Waals surface area contributed by atoms with E-state index < -0.39 is 56.4 Å². The maximum Gasteiger partial charge on any atom is 0.328 e. The van der Waals surface area contributed by atoms with Gasteiger partial charge in [0, 0.05) is 13.8 Å². The quantitative estimate of drug-likeness (QED) is 0.387. The van der Waals surface area contributed by atoms with Gasteiger partial charge in [0.1, 0.15) is 34.7 Å². The molecule has 1 aromatic heterocycles. The van der Waals surface area contributed by atoms with Crippen molar-refractivity contribution in [1.29, 1.82) is 0 Å². The van der Waals surface area contributed by atoms with E-state index in [0.29, 0.717) is 0 Å². The first kappa shape index (κ1) is 21.7. The van der Waals surface area contributed by atoms with Gasteiger partial charge in [-0.2, -0.15) is 0 Å². The lowest BCUT2D eigenvalue weighted by Gasteiger charge is -2.35. The molecule has 0 spiro atoms. The molecule has 0 unspecified atom stereocenters. The summed E-state index contributed by atoms with van der Waals surface area (Å²) in [6.07, 6.45) is -0.281. The number of ether oxygens (including phenoxy) is 2. The third-order valence-electron chi connectivity index (χ3n) is 5.25. The largest absolute Gasteiger partial charge is 0.480 e. The first-order valence-corrected chi connectivity index (χ1v) is 10.4. The average Bonchev–Trinajstić information content (AvgIpc) is 3.06. The van der Waals surface area contributed by atoms with Crippen molar-refractivity contribution in [3.8, 4) is 0 Å². The van der Waals surface area contributed by atoms with Crippen LogP contribution in [0.4, 0.5) is 0 Å². The molecule has 3 atom stereocenters. The Morgan fingerprint density at radius 2 is 1.80 bits per heavy atom. The number of rotatable bonds is 7. The first-order chi connectivity index (χ1) is 13.9. The molecule has 30 heavy (non-hydrogen) atoms. The van der Waals surface area contributed by atoms with Crippen LogP contribution in [0.3, 0.4) is 0 Å². The number of carboxylic acids is 1. The molecule has 2 saturated heterocycles. The maximum atomic E-state index is 13.1. The highest BCUT2D eigenvalue weighted by Crippen LogP contribution is 2.46. The zero-order valence-corrected chi connectivity index (χ0v) is 17.2. The van der Waals surface area contributed by atoms with E-state index >= 15 is 0 Å². The van der Waals surface area contributed by atoms with Crippen LogP contribution in [0.1, 0.15) is 38.6 Å². The van der Waals surface area contributed by atoms with Gasteiger partial charge in [-0.3, -0.25) is 14.4 Å². The number of hydrogen-bond acceptors (Lipinski definition) is 10. The standard InChI is InChI=1S/C16H20N4O9S/c1-8(21)28-5-10-11(6-29-9(2)22)19(18-17-10)7-16(3)14(15(24)25)20-12(23)4-13(20)30(16,26)27/h13-14H,4-7H2,1-3H3,(H,24,25)/t13-,14+,16-/m1/s1. The van der Waals surface area contributed by atoms with Crippen molar-refractivity contribution in [2.75, 3.05) is 0 Å². The van der Waals surface area contributed by atoms with E-state index in [9.17, 15) is 32.7 Å². The highest BCUT2D eigenvalue weighted by atomic mass is 32.2. The zero-order valence-electron chi connectivity index (χ0n) is 16.4. The summed E-state index contributed by atoms with van der Waals surface area (Å²) in [5.41, 5.74) is 0.268. The molecule has 0 aromatic carbocycles. The lowest BCUT2D eigenvalue weighted by molar-refractivity contribution is -0.157. The minimum Gasteiger partial charge on any atom is -0.480 e. The Kier molecular flexibility index (Phi) is 5.30. The van der Waals surface area contributed by atoms with E-state index in [1.807, 2.05) is 0 Å². The van der Waals surface area contributed by atoms with Crippen LogP contribution in [-0.2, 0) is 58.2 Å². The van der Waals surface area contributed by atoms with Crippen molar-refractivity contribution < 1.29 is 42.2 Å². The second kappa shape index (κ2) is 7.34. The molecule has 0 radical (unpaired) electrons. The normalized spacial score (nSPS) is 26.6. The van der Waals surface area contributed by atoms with Gasteiger partial charge in [-0.05, 0) is 6.92 Å². The summed E-state index contributed by atoms with van der Waals surface area (Å²) < 4.78 is 35.2. The van der Waals surface area contributed by atoms with Crippen LogP contribution in [0.2, 0.25) is 0 Å². The molecule has 0 saturated carbocycles. The van der Waals surface area contributed by atoms with Gasteiger partial charge in [0.25, 0.3) is 0 Å². The lowest BCUT2D eigenvalue weighted by atomic mass is 9.96. The van der Waals surface area contributed by atoms with Gasteiger partial charge < -0.3 is 19.5 Å². The molecule has 13 nitrogen and oxygen atoms in total. The van der Waals surface area contributed by atoms with E-state index in [1.54, 1.807) is 0 Å². The molecule has 1 amide bonds. The fraction of sp³-hybridized carbons (Fsp3) is 0.625. The van der Waals surface area contributed by atoms with E-state index in [0.717, 1.165) is 9.58 Å². The Hall–Kier alpha value is -3.03. The summed E-state index contributed by atoms with van der Waals surface area (Å²) in [6, 6.07) is -1.61. The monoisotopic (exact) mass is 444 g/mol. The third-order valence-corrected chi connectivity index (χ3v) is 8.01. The predicted octanol–water partition coefficient (Wildman–Crippen LogP) is -1.40. The Labute approximate surface area is 170 Å². The molecule has 3 heterocycles. The second-order valence-corrected chi connectivity index (χ2v) is 9.83. The molecule has 1 aromatic rings. The third kappa shape index (κ3) is 3.30. The Bertz CT molecular complexity index is 1030. The second-order valence-electron chi connectivity index (χ2n) is 7.26. The highest BCUT2D eigenvalue weighted by Gasteiger charge is 2.70. The summed E-state index contributed by atoms with van der Waals surface area (Å²) in [6.45, 7) is 2.47. The summed E-state index contributed by atoms with van der Waals surface area (Å²) >= 11 is 0.